The summed E-state index contributed by atoms with van der Waals surface area (Å²) in [4.78, 5) is 12.2. The number of hydrogen-bond donors (Lipinski definition) is 1. The van der Waals surface area contributed by atoms with Gasteiger partial charge in [-0.25, -0.2) is 9.97 Å². The van der Waals surface area contributed by atoms with E-state index in [4.69, 9.17) is 10.5 Å². The molecule has 1 saturated heterocycles. The molecule has 2 N–H and O–H groups in total. The number of nitrogens with zero attached hydrogens (tertiary/aromatic N) is 4. The van der Waals surface area contributed by atoms with E-state index in [-0.39, 0.29) is 11.2 Å². The third-order valence-corrected chi connectivity index (χ3v) is 5.87. The summed E-state index contributed by atoms with van der Waals surface area (Å²) >= 11 is 1.58. The summed E-state index contributed by atoms with van der Waals surface area (Å²) in [6, 6.07) is 4.20. The number of morpholine rings is 1. The zero-order valence-corrected chi connectivity index (χ0v) is 15.7. The molecule has 0 aliphatic carbocycles. The normalized spacial score (nSPS) is 15.2. The molecule has 3 heterocycles. The zero-order chi connectivity index (χ0) is 18.0. The van der Waals surface area contributed by atoms with Gasteiger partial charge in [0.25, 0.3) is 0 Å². The second-order valence-corrected chi connectivity index (χ2v) is 7.78. The van der Waals surface area contributed by atoms with E-state index in [0.717, 1.165) is 54.0 Å². The monoisotopic (exact) mass is 357 g/mol. The van der Waals surface area contributed by atoms with Crippen LogP contribution in [0.15, 0.2) is 12.3 Å². The van der Waals surface area contributed by atoms with Crippen LogP contribution in [0.2, 0.25) is 0 Å². The molecular weight excluding hydrogens is 334 g/mol. The van der Waals surface area contributed by atoms with Crippen LogP contribution in [0, 0.1) is 11.3 Å². The molecule has 25 heavy (non-hydrogen) atoms. The van der Waals surface area contributed by atoms with Gasteiger partial charge in [-0.15, -0.1) is 0 Å². The molecule has 7 heteroatoms. The van der Waals surface area contributed by atoms with Gasteiger partial charge in [0.1, 0.15) is 17.5 Å². The Morgan fingerprint density at radius 2 is 2.12 bits per heavy atom. The van der Waals surface area contributed by atoms with E-state index in [1.165, 1.54) is 0 Å². The molecule has 0 unspecified atom stereocenters. The van der Waals surface area contributed by atoms with Gasteiger partial charge in [-0.2, -0.15) is 5.26 Å². The Labute approximate surface area is 152 Å². The van der Waals surface area contributed by atoms with Crippen LogP contribution in [0.1, 0.15) is 38.4 Å². The predicted molar refractivity (Wildman–Crippen MR) is 101 cm³/mol. The quantitative estimate of drug-likeness (QED) is 0.904. The number of nitrogens with two attached hydrogens (primary N) is 1. The number of anilines is 2. The molecule has 0 bridgehead atoms. The van der Waals surface area contributed by atoms with E-state index < -0.39 is 0 Å². The lowest BCUT2D eigenvalue weighted by Gasteiger charge is -2.26. The minimum absolute atomic E-state index is 0.103. The van der Waals surface area contributed by atoms with Crippen molar-refractivity contribution in [3.8, 4) is 16.5 Å². The summed E-state index contributed by atoms with van der Waals surface area (Å²) in [5.74, 6) is 0.290. The Morgan fingerprint density at radius 1 is 1.40 bits per heavy atom. The lowest BCUT2D eigenvalue weighted by atomic mass is 9.85. The molecule has 2 aromatic heterocycles. The fourth-order valence-electron chi connectivity index (χ4n) is 2.69. The fourth-order valence-corrected chi connectivity index (χ4v) is 3.68. The summed E-state index contributed by atoms with van der Waals surface area (Å²) in [5, 5.41) is 10.5. The molecule has 0 saturated carbocycles. The van der Waals surface area contributed by atoms with Crippen molar-refractivity contribution in [3.05, 3.63) is 23.5 Å². The largest absolute Gasteiger partial charge is 0.383 e. The first-order valence-electron chi connectivity index (χ1n) is 8.46. The van der Waals surface area contributed by atoms with Crippen molar-refractivity contribution in [3.63, 3.8) is 0 Å². The molecule has 1 fully saturated rings. The Morgan fingerprint density at radius 3 is 2.76 bits per heavy atom. The Hall–Kier alpha value is -2.17. The number of pyridine rings is 1. The fraction of sp³-hybridized carbons (Fsp3) is 0.500. The molecule has 6 nitrogen and oxygen atoms in total. The second kappa shape index (κ2) is 6.98. The molecule has 2 aromatic rings. The van der Waals surface area contributed by atoms with Gasteiger partial charge < -0.3 is 15.4 Å². The lowest BCUT2D eigenvalue weighted by Crippen LogP contribution is -2.36. The standard InChI is InChI=1S/C18H23N5OS/c1-4-18(2,3)15-9-12(13(10-19)16(20)22-15)14-11-21-17(25-14)23-5-7-24-8-6-23/h9,11H,4-8H2,1-3H3,(H2,20,22). The van der Waals surface area contributed by atoms with Crippen molar-refractivity contribution in [1.29, 1.82) is 5.26 Å². The Kier molecular flexibility index (Phi) is 4.93. The smallest absolute Gasteiger partial charge is 0.186 e. The molecule has 1 aliphatic rings. The van der Waals surface area contributed by atoms with Gasteiger partial charge in [-0.1, -0.05) is 32.1 Å². The van der Waals surface area contributed by atoms with Crippen LogP contribution in [-0.2, 0) is 10.2 Å². The van der Waals surface area contributed by atoms with Gasteiger partial charge in [-0.05, 0) is 12.5 Å². The average molecular weight is 357 g/mol. The highest BCUT2D eigenvalue weighted by molar-refractivity contribution is 7.18. The van der Waals surface area contributed by atoms with E-state index in [0.29, 0.717) is 5.56 Å². The first kappa shape index (κ1) is 17.6. The van der Waals surface area contributed by atoms with Crippen LogP contribution in [0.5, 0.6) is 0 Å². The summed E-state index contributed by atoms with van der Waals surface area (Å²) in [7, 11) is 0. The Bertz CT molecular complexity index is 802. The van der Waals surface area contributed by atoms with Crippen LogP contribution >= 0.6 is 11.3 Å². The molecule has 132 valence electrons. The number of thiazole rings is 1. The maximum Gasteiger partial charge on any atom is 0.186 e. The molecule has 0 atom stereocenters. The first-order chi connectivity index (χ1) is 12.0. The van der Waals surface area contributed by atoms with Gasteiger partial charge in [0.2, 0.25) is 0 Å². The number of hydrogen-bond acceptors (Lipinski definition) is 7. The summed E-state index contributed by atoms with van der Waals surface area (Å²) < 4.78 is 5.40. The molecule has 0 radical (unpaired) electrons. The second-order valence-electron chi connectivity index (χ2n) is 6.77. The molecule has 1 aliphatic heterocycles. The summed E-state index contributed by atoms with van der Waals surface area (Å²) in [5.41, 5.74) is 8.14. The number of aromatic nitrogens is 2. The highest BCUT2D eigenvalue weighted by Crippen LogP contribution is 2.37. The SMILES string of the molecule is CCC(C)(C)c1cc(-c2cnc(N3CCOCC3)s2)c(C#N)c(N)n1. The van der Waals surface area contributed by atoms with Crippen molar-refractivity contribution in [2.75, 3.05) is 36.9 Å². The van der Waals surface area contributed by atoms with Crippen LogP contribution in [0.4, 0.5) is 10.9 Å². The summed E-state index contributed by atoms with van der Waals surface area (Å²) in [6.07, 6.45) is 2.76. The number of nitriles is 1. The van der Waals surface area contributed by atoms with Gasteiger partial charge in [0.15, 0.2) is 5.13 Å². The van der Waals surface area contributed by atoms with Crippen molar-refractivity contribution < 1.29 is 4.74 Å². The number of rotatable bonds is 4. The maximum atomic E-state index is 9.55. The average Bonchev–Trinajstić information content (AvgIpc) is 3.11. The van der Waals surface area contributed by atoms with E-state index in [9.17, 15) is 5.26 Å². The first-order valence-corrected chi connectivity index (χ1v) is 9.28. The molecule has 0 amide bonds. The molecule has 0 spiro atoms. The molecular formula is C18H23N5OS. The van der Waals surface area contributed by atoms with E-state index in [1.54, 1.807) is 11.3 Å². The maximum absolute atomic E-state index is 9.55. The predicted octanol–water partition coefficient (Wildman–Crippen LogP) is 3.18. The van der Waals surface area contributed by atoms with Crippen molar-refractivity contribution in [1.82, 2.24) is 9.97 Å². The minimum atomic E-state index is -0.103. The molecule has 0 aromatic carbocycles. The van der Waals surface area contributed by atoms with Crippen molar-refractivity contribution >= 4 is 22.3 Å². The van der Waals surface area contributed by atoms with Gasteiger partial charge >= 0.3 is 0 Å². The Balaban J connectivity index is 2.04. The number of nitrogen functional groups attached to an aromatic ring is 1. The highest BCUT2D eigenvalue weighted by Gasteiger charge is 2.24. The van der Waals surface area contributed by atoms with E-state index in [2.05, 4.69) is 41.7 Å². The zero-order valence-electron chi connectivity index (χ0n) is 14.9. The third-order valence-electron chi connectivity index (χ3n) is 4.78. The minimum Gasteiger partial charge on any atom is -0.383 e. The number of ether oxygens (including phenoxy) is 1. The van der Waals surface area contributed by atoms with Crippen molar-refractivity contribution in [2.45, 2.75) is 32.6 Å². The van der Waals surface area contributed by atoms with Gasteiger partial charge in [0.05, 0.1) is 18.1 Å². The van der Waals surface area contributed by atoms with Gasteiger partial charge in [0, 0.05) is 36.0 Å². The van der Waals surface area contributed by atoms with Gasteiger partial charge in [-0.3, -0.25) is 0 Å². The molecule has 3 rings (SSSR count). The van der Waals surface area contributed by atoms with Crippen LogP contribution in [0.3, 0.4) is 0 Å². The summed E-state index contributed by atoms with van der Waals surface area (Å²) in [6.45, 7) is 9.51. The topological polar surface area (TPSA) is 88.1 Å². The third kappa shape index (κ3) is 3.46. The van der Waals surface area contributed by atoms with Crippen LogP contribution in [-0.4, -0.2) is 36.3 Å². The van der Waals surface area contributed by atoms with Crippen LogP contribution in [0.25, 0.3) is 10.4 Å². The van der Waals surface area contributed by atoms with Crippen molar-refractivity contribution in [2.24, 2.45) is 0 Å². The van der Waals surface area contributed by atoms with E-state index in [1.807, 2.05) is 12.3 Å². The van der Waals surface area contributed by atoms with E-state index >= 15 is 0 Å². The lowest BCUT2D eigenvalue weighted by molar-refractivity contribution is 0.122. The van der Waals surface area contributed by atoms with Crippen LogP contribution < -0.4 is 10.6 Å². The highest BCUT2D eigenvalue weighted by atomic mass is 32.1.